The van der Waals surface area contributed by atoms with Gasteiger partial charge in [-0.25, -0.2) is 9.79 Å². The van der Waals surface area contributed by atoms with Gasteiger partial charge in [-0.05, 0) is 67.8 Å². The Kier molecular flexibility index (Phi) is 7.09. The number of aromatic nitrogens is 1. The van der Waals surface area contributed by atoms with Gasteiger partial charge in [-0.3, -0.25) is 9.36 Å². The molecule has 3 aromatic rings. The topological polar surface area (TPSA) is 107 Å². The number of hydrogen-bond acceptors (Lipinski definition) is 10. The van der Waals surface area contributed by atoms with E-state index in [2.05, 4.69) is 4.99 Å². The predicted octanol–water partition coefficient (Wildman–Crippen LogP) is 2.86. The highest BCUT2D eigenvalue weighted by atomic mass is 32.1. The van der Waals surface area contributed by atoms with E-state index in [1.807, 2.05) is 19.1 Å². The van der Waals surface area contributed by atoms with E-state index in [1.54, 1.807) is 32.1 Å². The number of carbonyl (C=O) groups is 1. The number of fused-ring (bicyclic) bond motifs is 2. The summed E-state index contributed by atoms with van der Waals surface area (Å²) in [5.74, 6) is 1.91. The molecule has 2 aromatic carbocycles. The maximum atomic E-state index is 14.0. The van der Waals surface area contributed by atoms with Crippen molar-refractivity contribution in [1.29, 1.82) is 0 Å². The normalized spacial score (nSPS) is 16.1. The van der Waals surface area contributed by atoms with Gasteiger partial charge in [-0.15, -0.1) is 0 Å². The Hall–Kier alpha value is -4.25. The molecule has 204 valence electrons. The van der Waals surface area contributed by atoms with Crippen molar-refractivity contribution in [1.82, 2.24) is 4.57 Å². The van der Waals surface area contributed by atoms with Crippen LogP contribution in [0.2, 0.25) is 0 Å². The lowest BCUT2D eigenvalue weighted by atomic mass is 9.95. The summed E-state index contributed by atoms with van der Waals surface area (Å²) in [6.45, 7) is 5.73. The molecule has 1 atom stereocenters. The lowest BCUT2D eigenvalue weighted by Crippen LogP contribution is -2.40. The molecule has 0 fully saturated rings. The summed E-state index contributed by atoms with van der Waals surface area (Å²) in [5.41, 5.74) is 2.73. The third-order valence-electron chi connectivity index (χ3n) is 6.57. The fourth-order valence-corrected chi connectivity index (χ4v) is 5.76. The van der Waals surface area contributed by atoms with Crippen LogP contribution in [-0.4, -0.2) is 45.3 Å². The first-order valence-electron chi connectivity index (χ1n) is 12.2. The molecule has 0 N–H and O–H groups in total. The van der Waals surface area contributed by atoms with Crippen molar-refractivity contribution in [3.05, 3.63) is 71.9 Å². The van der Waals surface area contributed by atoms with Crippen LogP contribution in [0.3, 0.4) is 0 Å². The number of methoxy groups -OCH3 is 3. The summed E-state index contributed by atoms with van der Waals surface area (Å²) < 4.78 is 34.9. The Morgan fingerprint density at radius 3 is 2.36 bits per heavy atom. The second kappa shape index (κ2) is 10.5. The SMILES string of the molecule is CCOC(=O)C1=C(C)N=c2s/c(=C\c3cc4c(cc3C)OCO4)c(=O)n2[C@H]1c1cc(OC)c(OC)c(OC)c1. The second-order valence-corrected chi connectivity index (χ2v) is 9.83. The molecule has 0 radical (unpaired) electrons. The molecular weight excluding hydrogens is 524 g/mol. The van der Waals surface area contributed by atoms with Crippen molar-refractivity contribution in [3.63, 3.8) is 0 Å². The summed E-state index contributed by atoms with van der Waals surface area (Å²) >= 11 is 1.24. The van der Waals surface area contributed by atoms with E-state index in [9.17, 15) is 9.59 Å². The largest absolute Gasteiger partial charge is 0.493 e. The highest BCUT2D eigenvalue weighted by molar-refractivity contribution is 7.07. The Morgan fingerprint density at radius 1 is 1.08 bits per heavy atom. The molecule has 5 rings (SSSR count). The molecule has 0 bridgehead atoms. The first-order valence-corrected chi connectivity index (χ1v) is 13.0. The van der Waals surface area contributed by atoms with Crippen molar-refractivity contribution in [2.24, 2.45) is 4.99 Å². The van der Waals surface area contributed by atoms with Crippen LogP contribution < -0.4 is 38.6 Å². The Balaban J connectivity index is 1.76. The summed E-state index contributed by atoms with van der Waals surface area (Å²) in [5, 5.41) is 0. The Labute approximate surface area is 228 Å². The average molecular weight is 553 g/mol. The zero-order valence-electron chi connectivity index (χ0n) is 22.4. The highest BCUT2D eigenvalue weighted by Gasteiger charge is 2.34. The van der Waals surface area contributed by atoms with Gasteiger partial charge in [-0.1, -0.05) is 11.3 Å². The first kappa shape index (κ1) is 26.4. The molecule has 1 aromatic heterocycles. The standard InChI is InChI=1S/C28H28N2O8S/c1-7-36-27(32)23-15(3)29-28-30(24(23)17-10-20(33-4)25(35-6)21(11-17)34-5)26(31)22(39-28)12-16-9-19-18(8-14(16)2)37-13-38-19/h8-12,24H,7,13H2,1-6H3/b22-12-/t24-/m0/s1. The van der Waals surface area contributed by atoms with Gasteiger partial charge in [0.15, 0.2) is 27.8 Å². The molecule has 2 aliphatic rings. The number of nitrogens with zero attached hydrogens (tertiary/aromatic N) is 2. The van der Waals surface area contributed by atoms with E-state index < -0.39 is 12.0 Å². The number of hydrogen-bond donors (Lipinski definition) is 0. The van der Waals surface area contributed by atoms with E-state index in [0.717, 1.165) is 11.1 Å². The van der Waals surface area contributed by atoms with Crippen LogP contribution >= 0.6 is 11.3 Å². The van der Waals surface area contributed by atoms with Gasteiger partial charge in [0.05, 0.1) is 49.8 Å². The Bertz CT molecular complexity index is 1660. The van der Waals surface area contributed by atoms with Crippen LogP contribution in [-0.2, 0) is 9.53 Å². The summed E-state index contributed by atoms with van der Waals surface area (Å²) in [6, 6.07) is 6.34. The number of ether oxygens (including phenoxy) is 6. The third-order valence-corrected chi connectivity index (χ3v) is 7.55. The number of benzene rings is 2. The van der Waals surface area contributed by atoms with Crippen molar-refractivity contribution < 1.29 is 33.2 Å². The Morgan fingerprint density at radius 2 is 1.74 bits per heavy atom. The second-order valence-electron chi connectivity index (χ2n) is 8.82. The fourth-order valence-electron chi connectivity index (χ4n) is 4.72. The number of aryl methyl sites for hydroxylation is 1. The van der Waals surface area contributed by atoms with E-state index in [-0.39, 0.29) is 24.5 Å². The number of rotatable bonds is 7. The molecule has 0 spiro atoms. The quantitative estimate of drug-likeness (QED) is 0.412. The summed E-state index contributed by atoms with van der Waals surface area (Å²) in [6.07, 6.45) is 1.80. The third kappa shape index (κ3) is 4.52. The van der Waals surface area contributed by atoms with Gasteiger partial charge < -0.3 is 28.4 Å². The molecule has 10 nitrogen and oxygen atoms in total. The minimum Gasteiger partial charge on any atom is -0.493 e. The number of esters is 1. The number of thiazole rings is 1. The van der Waals surface area contributed by atoms with Gasteiger partial charge in [-0.2, -0.15) is 0 Å². The highest BCUT2D eigenvalue weighted by Crippen LogP contribution is 2.42. The van der Waals surface area contributed by atoms with Crippen LogP contribution in [0.1, 0.15) is 36.6 Å². The van der Waals surface area contributed by atoms with Crippen molar-refractivity contribution in [2.45, 2.75) is 26.8 Å². The lowest BCUT2D eigenvalue weighted by molar-refractivity contribution is -0.139. The van der Waals surface area contributed by atoms with Gasteiger partial charge in [0.1, 0.15) is 0 Å². The zero-order valence-corrected chi connectivity index (χ0v) is 23.3. The maximum absolute atomic E-state index is 14.0. The van der Waals surface area contributed by atoms with Gasteiger partial charge in [0, 0.05) is 0 Å². The molecule has 0 amide bonds. The van der Waals surface area contributed by atoms with Crippen LogP contribution in [0.25, 0.3) is 6.08 Å². The fraction of sp³-hybridized carbons (Fsp3) is 0.321. The molecule has 39 heavy (non-hydrogen) atoms. The molecule has 0 saturated carbocycles. The van der Waals surface area contributed by atoms with E-state index >= 15 is 0 Å². The van der Waals surface area contributed by atoms with Crippen LogP contribution in [0.5, 0.6) is 28.7 Å². The maximum Gasteiger partial charge on any atom is 0.338 e. The molecule has 0 saturated heterocycles. The van der Waals surface area contributed by atoms with Gasteiger partial charge in [0.25, 0.3) is 5.56 Å². The van der Waals surface area contributed by atoms with Crippen molar-refractivity contribution in [2.75, 3.05) is 34.7 Å². The molecule has 2 aliphatic heterocycles. The van der Waals surface area contributed by atoms with Gasteiger partial charge in [0.2, 0.25) is 12.5 Å². The first-order chi connectivity index (χ1) is 18.8. The van der Waals surface area contributed by atoms with E-state index in [4.69, 9.17) is 28.4 Å². The average Bonchev–Trinajstić information content (AvgIpc) is 3.50. The molecule has 0 unspecified atom stereocenters. The van der Waals surface area contributed by atoms with E-state index in [1.165, 1.54) is 37.2 Å². The molecule has 0 aliphatic carbocycles. The van der Waals surface area contributed by atoms with Crippen LogP contribution in [0.4, 0.5) is 0 Å². The van der Waals surface area contributed by atoms with E-state index in [0.29, 0.717) is 49.3 Å². The molecular formula is C28H28N2O8S. The number of allylic oxidation sites excluding steroid dienone is 1. The summed E-state index contributed by atoms with van der Waals surface area (Å²) in [4.78, 5) is 32.3. The van der Waals surface area contributed by atoms with Crippen LogP contribution in [0, 0.1) is 6.92 Å². The summed E-state index contributed by atoms with van der Waals surface area (Å²) in [7, 11) is 4.52. The van der Waals surface area contributed by atoms with Gasteiger partial charge >= 0.3 is 5.97 Å². The van der Waals surface area contributed by atoms with Crippen molar-refractivity contribution >= 4 is 23.4 Å². The van der Waals surface area contributed by atoms with Crippen molar-refractivity contribution in [3.8, 4) is 28.7 Å². The minimum absolute atomic E-state index is 0.158. The van der Waals surface area contributed by atoms with Crippen LogP contribution in [0.15, 0.2) is 45.3 Å². The minimum atomic E-state index is -0.839. The number of carbonyl (C=O) groups excluding carboxylic acids is 1. The molecule has 3 heterocycles. The smallest absolute Gasteiger partial charge is 0.338 e. The molecule has 11 heteroatoms. The monoisotopic (exact) mass is 552 g/mol. The predicted molar refractivity (Wildman–Crippen MR) is 144 cm³/mol. The lowest BCUT2D eigenvalue weighted by Gasteiger charge is -2.26. The zero-order chi connectivity index (χ0) is 27.8.